The van der Waals surface area contributed by atoms with Crippen LogP contribution in [0.15, 0.2) is 42.7 Å². The lowest BCUT2D eigenvalue weighted by atomic mass is 9.92. The molecule has 0 saturated carbocycles. The van der Waals surface area contributed by atoms with E-state index in [1.54, 1.807) is 12.3 Å². The Balaban J connectivity index is 2.20. The number of nitrogens with two attached hydrogens (primary N) is 1. The molecule has 2 aromatic rings. The zero-order chi connectivity index (χ0) is 13.7. The topological polar surface area (TPSA) is 48.1 Å². The van der Waals surface area contributed by atoms with E-state index >= 15 is 0 Å². The lowest BCUT2D eigenvalue weighted by Gasteiger charge is -2.16. The van der Waals surface area contributed by atoms with Crippen LogP contribution in [0.1, 0.15) is 17.0 Å². The molecule has 100 valence electrons. The van der Waals surface area contributed by atoms with Crippen LogP contribution in [0, 0.1) is 5.82 Å². The quantitative estimate of drug-likeness (QED) is 0.898. The number of aromatic nitrogens is 1. The van der Waals surface area contributed by atoms with E-state index in [-0.39, 0.29) is 17.5 Å². The number of hydrogen-bond donors (Lipinski definition) is 1. The molecule has 0 aliphatic heterocycles. The molecule has 1 aromatic carbocycles. The standard InChI is InChI=1S/C15H17FN2O/c1-19-15-5-4-12(8-14(15)16)13(9-17)7-11-3-2-6-18-10-11/h2-6,8,10,13H,7,9,17H2,1H3. The lowest BCUT2D eigenvalue weighted by molar-refractivity contribution is 0.386. The van der Waals surface area contributed by atoms with Gasteiger partial charge in [0.15, 0.2) is 11.6 Å². The van der Waals surface area contributed by atoms with Crippen molar-refractivity contribution in [2.45, 2.75) is 12.3 Å². The van der Waals surface area contributed by atoms with Crippen molar-refractivity contribution in [1.29, 1.82) is 0 Å². The number of rotatable bonds is 5. The first-order chi connectivity index (χ1) is 9.24. The molecule has 1 aromatic heterocycles. The Morgan fingerprint density at radius 3 is 2.79 bits per heavy atom. The van der Waals surface area contributed by atoms with Gasteiger partial charge in [-0.25, -0.2) is 4.39 Å². The molecule has 1 heterocycles. The summed E-state index contributed by atoms with van der Waals surface area (Å²) < 4.78 is 18.6. The summed E-state index contributed by atoms with van der Waals surface area (Å²) in [7, 11) is 1.45. The van der Waals surface area contributed by atoms with Crippen LogP contribution >= 0.6 is 0 Å². The molecule has 0 spiro atoms. The third-order valence-corrected chi connectivity index (χ3v) is 3.14. The van der Waals surface area contributed by atoms with Crippen molar-refractivity contribution in [3.8, 4) is 5.75 Å². The molecule has 0 bridgehead atoms. The predicted molar refractivity (Wildman–Crippen MR) is 72.7 cm³/mol. The van der Waals surface area contributed by atoms with E-state index in [0.29, 0.717) is 6.54 Å². The minimum absolute atomic E-state index is 0.0737. The van der Waals surface area contributed by atoms with Gasteiger partial charge in [0.25, 0.3) is 0 Å². The minimum Gasteiger partial charge on any atom is -0.494 e. The highest BCUT2D eigenvalue weighted by Crippen LogP contribution is 2.25. The van der Waals surface area contributed by atoms with Crippen LogP contribution in [0.3, 0.4) is 0 Å². The number of ether oxygens (including phenoxy) is 1. The van der Waals surface area contributed by atoms with Crippen molar-refractivity contribution in [1.82, 2.24) is 4.98 Å². The van der Waals surface area contributed by atoms with E-state index < -0.39 is 0 Å². The van der Waals surface area contributed by atoms with Crippen molar-refractivity contribution >= 4 is 0 Å². The molecule has 19 heavy (non-hydrogen) atoms. The molecule has 0 aliphatic carbocycles. The zero-order valence-corrected chi connectivity index (χ0v) is 10.8. The van der Waals surface area contributed by atoms with Crippen LogP contribution in [0.25, 0.3) is 0 Å². The zero-order valence-electron chi connectivity index (χ0n) is 10.8. The van der Waals surface area contributed by atoms with Crippen molar-refractivity contribution in [2.24, 2.45) is 5.73 Å². The van der Waals surface area contributed by atoms with E-state index in [2.05, 4.69) is 4.98 Å². The second-order valence-corrected chi connectivity index (χ2v) is 4.39. The average Bonchev–Trinajstić information content (AvgIpc) is 2.46. The molecule has 0 fully saturated rings. The summed E-state index contributed by atoms with van der Waals surface area (Å²) in [5.41, 5.74) is 7.77. The highest BCUT2D eigenvalue weighted by Gasteiger charge is 2.13. The smallest absolute Gasteiger partial charge is 0.165 e. The maximum absolute atomic E-state index is 13.7. The average molecular weight is 260 g/mol. The van der Waals surface area contributed by atoms with Crippen LogP contribution in [-0.2, 0) is 6.42 Å². The number of halogens is 1. The summed E-state index contributed by atoms with van der Waals surface area (Å²) >= 11 is 0. The van der Waals surface area contributed by atoms with E-state index in [4.69, 9.17) is 10.5 Å². The second kappa shape index (κ2) is 6.29. The van der Waals surface area contributed by atoms with Gasteiger partial charge in [-0.15, -0.1) is 0 Å². The third-order valence-electron chi connectivity index (χ3n) is 3.14. The normalized spacial score (nSPS) is 12.2. The number of pyridine rings is 1. The van der Waals surface area contributed by atoms with Gasteiger partial charge in [0, 0.05) is 18.3 Å². The molecule has 0 radical (unpaired) electrons. The van der Waals surface area contributed by atoms with E-state index in [1.165, 1.54) is 13.2 Å². The molecule has 3 nitrogen and oxygen atoms in total. The van der Waals surface area contributed by atoms with Gasteiger partial charge in [0.1, 0.15) is 0 Å². The van der Waals surface area contributed by atoms with Gasteiger partial charge in [-0.1, -0.05) is 12.1 Å². The molecule has 0 amide bonds. The maximum atomic E-state index is 13.7. The molecular weight excluding hydrogens is 243 g/mol. The Bertz CT molecular complexity index is 531. The fourth-order valence-corrected chi connectivity index (χ4v) is 2.08. The summed E-state index contributed by atoms with van der Waals surface area (Å²) in [5, 5.41) is 0. The SMILES string of the molecule is COc1ccc(C(CN)Cc2cccnc2)cc1F. The number of nitrogens with zero attached hydrogens (tertiary/aromatic N) is 1. The first-order valence-corrected chi connectivity index (χ1v) is 6.17. The van der Waals surface area contributed by atoms with Crippen LogP contribution in [-0.4, -0.2) is 18.6 Å². The third kappa shape index (κ3) is 3.29. The van der Waals surface area contributed by atoms with E-state index in [0.717, 1.165) is 17.5 Å². The molecule has 4 heteroatoms. The molecule has 1 unspecified atom stereocenters. The van der Waals surface area contributed by atoms with E-state index in [9.17, 15) is 4.39 Å². The summed E-state index contributed by atoms with van der Waals surface area (Å²) in [5.74, 6) is -0.0323. The van der Waals surface area contributed by atoms with Crippen molar-refractivity contribution in [2.75, 3.05) is 13.7 Å². The molecule has 1 atom stereocenters. The minimum atomic E-state index is -0.357. The van der Waals surface area contributed by atoms with Gasteiger partial charge in [0.05, 0.1) is 7.11 Å². The van der Waals surface area contributed by atoms with Crippen molar-refractivity contribution in [3.63, 3.8) is 0 Å². The Kier molecular flexibility index (Phi) is 4.47. The van der Waals surface area contributed by atoms with Crippen molar-refractivity contribution in [3.05, 3.63) is 59.7 Å². The molecular formula is C15H17FN2O. The fraction of sp³-hybridized carbons (Fsp3) is 0.267. The Labute approximate surface area is 112 Å². The number of benzene rings is 1. The highest BCUT2D eigenvalue weighted by atomic mass is 19.1. The van der Waals surface area contributed by atoms with Crippen molar-refractivity contribution < 1.29 is 9.13 Å². The van der Waals surface area contributed by atoms with Gasteiger partial charge in [-0.2, -0.15) is 0 Å². The van der Waals surface area contributed by atoms with Gasteiger partial charge < -0.3 is 10.5 Å². The van der Waals surface area contributed by atoms with Gasteiger partial charge >= 0.3 is 0 Å². The predicted octanol–water partition coefficient (Wildman–Crippen LogP) is 2.51. The molecule has 2 rings (SSSR count). The fourth-order valence-electron chi connectivity index (χ4n) is 2.08. The van der Waals surface area contributed by atoms with Gasteiger partial charge in [-0.3, -0.25) is 4.98 Å². The molecule has 0 aliphatic rings. The summed E-state index contributed by atoms with van der Waals surface area (Å²) in [4.78, 5) is 4.08. The monoisotopic (exact) mass is 260 g/mol. The van der Waals surface area contributed by atoms with Crippen LogP contribution in [0.2, 0.25) is 0 Å². The summed E-state index contributed by atoms with van der Waals surface area (Å²) in [6, 6.07) is 8.87. The molecule has 2 N–H and O–H groups in total. The van der Waals surface area contributed by atoms with Crippen LogP contribution in [0.4, 0.5) is 4.39 Å². The number of hydrogen-bond acceptors (Lipinski definition) is 3. The maximum Gasteiger partial charge on any atom is 0.165 e. The van der Waals surface area contributed by atoms with Crippen LogP contribution in [0.5, 0.6) is 5.75 Å². The van der Waals surface area contributed by atoms with Gasteiger partial charge in [0.2, 0.25) is 0 Å². The Morgan fingerprint density at radius 2 is 2.21 bits per heavy atom. The molecule has 0 saturated heterocycles. The second-order valence-electron chi connectivity index (χ2n) is 4.39. The first kappa shape index (κ1) is 13.5. The largest absolute Gasteiger partial charge is 0.494 e. The lowest BCUT2D eigenvalue weighted by Crippen LogP contribution is -2.15. The Morgan fingerprint density at radius 1 is 1.37 bits per heavy atom. The summed E-state index contributed by atoms with van der Waals surface area (Å²) in [6.45, 7) is 0.459. The van der Waals surface area contributed by atoms with Gasteiger partial charge in [-0.05, 0) is 42.3 Å². The van der Waals surface area contributed by atoms with E-state index in [1.807, 2.05) is 24.4 Å². The Hall–Kier alpha value is -1.94. The highest BCUT2D eigenvalue weighted by molar-refractivity contribution is 5.32. The van der Waals surface area contributed by atoms with Crippen LogP contribution < -0.4 is 10.5 Å². The number of methoxy groups -OCH3 is 1. The first-order valence-electron chi connectivity index (χ1n) is 6.17. The summed E-state index contributed by atoms with van der Waals surface area (Å²) in [6.07, 6.45) is 4.28.